The molecule has 0 radical (unpaired) electrons. The van der Waals surface area contributed by atoms with Gasteiger partial charge >= 0.3 is 0 Å². The Bertz CT molecular complexity index is 450. The molecule has 1 amide bonds. The van der Waals surface area contributed by atoms with E-state index in [2.05, 4.69) is 29.4 Å². The zero-order chi connectivity index (χ0) is 14.7. The number of carbonyl (C=O) groups is 1. The fourth-order valence-corrected chi connectivity index (χ4v) is 2.52. The van der Waals surface area contributed by atoms with Crippen LogP contribution in [0.2, 0.25) is 0 Å². The monoisotopic (exact) mass is 282 g/mol. The summed E-state index contributed by atoms with van der Waals surface area (Å²) >= 11 is 0. The number of carbonyl (C=O) groups excluding carboxylic acids is 1. The summed E-state index contributed by atoms with van der Waals surface area (Å²) in [6.45, 7) is 7.85. The fourth-order valence-electron chi connectivity index (χ4n) is 2.52. The molecule has 7 heteroatoms. The Morgan fingerprint density at radius 1 is 1.50 bits per heavy atom. The lowest BCUT2D eigenvalue weighted by Gasteiger charge is -2.31. The van der Waals surface area contributed by atoms with Gasteiger partial charge in [-0.05, 0) is 47.0 Å². The highest BCUT2D eigenvalue weighted by Gasteiger charge is 2.33. The third-order valence-electron chi connectivity index (χ3n) is 3.37. The van der Waals surface area contributed by atoms with E-state index in [1.54, 1.807) is 24.8 Å². The van der Waals surface area contributed by atoms with E-state index in [1.807, 2.05) is 0 Å². The van der Waals surface area contributed by atoms with Crippen molar-refractivity contribution < 1.29 is 18.8 Å². The van der Waals surface area contributed by atoms with Crippen molar-refractivity contribution in [1.29, 1.82) is 0 Å². The summed E-state index contributed by atoms with van der Waals surface area (Å²) in [5, 5.41) is 9.80. The van der Waals surface area contributed by atoms with Gasteiger partial charge in [0.2, 0.25) is 11.4 Å². The average molecular weight is 282 g/mol. The Kier molecular flexibility index (Phi) is 4.46. The first-order valence-electron chi connectivity index (χ1n) is 7.07. The van der Waals surface area contributed by atoms with E-state index in [4.69, 9.17) is 9.26 Å². The van der Waals surface area contributed by atoms with Gasteiger partial charge in [0, 0.05) is 0 Å². The number of aromatic nitrogens is 2. The standard InChI is InChI=1S/C13H22N4O3/c1-9(2)19-13(18)14-12-8-16(15-20-12)17-10(3)6-5-7-11(17)4/h8-11H,5-7H2,1-4H3. The van der Waals surface area contributed by atoms with Crippen molar-refractivity contribution >= 4 is 12.0 Å². The maximum Gasteiger partial charge on any atom is 0.257 e. The van der Waals surface area contributed by atoms with Crippen LogP contribution in [0, 0.1) is 0 Å². The molecule has 1 saturated heterocycles. The van der Waals surface area contributed by atoms with Crippen LogP contribution < -0.4 is 9.80 Å². The van der Waals surface area contributed by atoms with Gasteiger partial charge in [-0.2, -0.15) is 0 Å². The van der Waals surface area contributed by atoms with Gasteiger partial charge in [0.25, 0.3) is 6.20 Å². The normalized spacial score (nSPS) is 22.9. The predicted octanol–water partition coefficient (Wildman–Crippen LogP) is 2.41. The third-order valence-corrected chi connectivity index (χ3v) is 3.37. The molecule has 7 nitrogen and oxygen atoms in total. The van der Waals surface area contributed by atoms with Crippen molar-refractivity contribution in [2.75, 3.05) is 5.01 Å². The van der Waals surface area contributed by atoms with E-state index in [0.29, 0.717) is 12.1 Å². The largest absolute Gasteiger partial charge is 0.552 e. The maximum atomic E-state index is 11.4. The lowest BCUT2D eigenvalue weighted by Crippen LogP contribution is -2.67. The molecule has 0 aromatic carbocycles. The van der Waals surface area contributed by atoms with Crippen LogP contribution in [0.25, 0.3) is 5.32 Å². The molecule has 1 fully saturated rings. The molecule has 1 aliphatic rings. The molecule has 0 N–H and O–H groups in total. The lowest BCUT2D eigenvalue weighted by molar-refractivity contribution is -0.765. The summed E-state index contributed by atoms with van der Waals surface area (Å²) in [6, 6.07) is 0.758. The molecule has 0 bridgehead atoms. The van der Waals surface area contributed by atoms with Gasteiger partial charge in [0.1, 0.15) is 5.88 Å². The van der Waals surface area contributed by atoms with Gasteiger partial charge in [-0.15, -0.1) is 5.01 Å². The van der Waals surface area contributed by atoms with Crippen molar-refractivity contribution in [3.63, 3.8) is 0 Å². The maximum absolute atomic E-state index is 11.4. The van der Waals surface area contributed by atoms with E-state index < -0.39 is 6.09 Å². The summed E-state index contributed by atoms with van der Waals surface area (Å²) in [6.07, 6.45) is 4.19. The van der Waals surface area contributed by atoms with Crippen LogP contribution in [-0.2, 0) is 4.74 Å². The molecule has 2 rings (SSSR count). The highest BCUT2D eigenvalue weighted by Crippen LogP contribution is 2.20. The van der Waals surface area contributed by atoms with Gasteiger partial charge < -0.3 is 14.6 Å². The smallest absolute Gasteiger partial charge is 0.257 e. The van der Waals surface area contributed by atoms with Crippen LogP contribution in [0.5, 0.6) is 0 Å². The Morgan fingerprint density at radius 3 is 2.75 bits per heavy atom. The van der Waals surface area contributed by atoms with Crippen LogP contribution in [-0.4, -0.2) is 29.6 Å². The van der Waals surface area contributed by atoms with Crippen molar-refractivity contribution in [3.05, 3.63) is 11.5 Å². The van der Waals surface area contributed by atoms with E-state index in [1.165, 1.54) is 6.42 Å². The predicted molar refractivity (Wildman–Crippen MR) is 72.3 cm³/mol. The first-order valence-corrected chi connectivity index (χ1v) is 7.07. The van der Waals surface area contributed by atoms with Gasteiger partial charge in [0.05, 0.1) is 23.0 Å². The number of amides is 1. The molecule has 20 heavy (non-hydrogen) atoms. The van der Waals surface area contributed by atoms with Crippen molar-refractivity contribution in [1.82, 2.24) is 5.27 Å². The van der Waals surface area contributed by atoms with Gasteiger partial charge in [-0.1, -0.05) is 0 Å². The second-order valence-electron chi connectivity index (χ2n) is 5.51. The number of hydrogen-bond donors (Lipinski definition) is 0. The number of ether oxygens (including phenoxy) is 1. The zero-order valence-corrected chi connectivity index (χ0v) is 12.4. The molecule has 0 aliphatic carbocycles. The van der Waals surface area contributed by atoms with Crippen LogP contribution in [0.15, 0.2) is 10.7 Å². The summed E-state index contributed by atoms with van der Waals surface area (Å²) in [5.41, 5.74) is 0. The quantitative estimate of drug-likeness (QED) is 0.796. The number of nitrogens with zero attached hydrogens (tertiary/aromatic N) is 4. The number of piperidine rings is 1. The van der Waals surface area contributed by atoms with Crippen LogP contribution in [0.3, 0.4) is 0 Å². The van der Waals surface area contributed by atoms with E-state index in [0.717, 1.165) is 12.8 Å². The van der Waals surface area contributed by atoms with Crippen molar-refractivity contribution in [2.45, 2.75) is 65.1 Å². The highest BCUT2D eigenvalue weighted by atomic mass is 16.6. The number of hydrogen-bond acceptors (Lipinski definition) is 5. The first kappa shape index (κ1) is 14.6. The van der Waals surface area contributed by atoms with Crippen LogP contribution in [0.4, 0.5) is 10.7 Å². The minimum Gasteiger partial charge on any atom is -0.552 e. The lowest BCUT2D eigenvalue weighted by atomic mass is 10.00. The van der Waals surface area contributed by atoms with Gasteiger partial charge in [-0.25, -0.2) is 0 Å². The molecule has 1 aromatic rings. The summed E-state index contributed by atoms with van der Waals surface area (Å²) in [7, 11) is 0. The molecular weight excluding hydrogens is 260 g/mol. The Hall–Kier alpha value is -1.79. The molecule has 2 atom stereocenters. The molecule has 1 aliphatic heterocycles. The van der Waals surface area contributed by atoms with E-state index in [9.17, 15) is 4.79 Å². The van der Waals surface area contributed by atoms with Crippen LogP contribution in [0.1, 0.15) is 47.0 Å². The molecule has 0 spiro atoms. The van der Waals surface area contributed by atoms with E-state index in [-0.39, 0.29) is 12.0 Å². The molecule has 2 heterocycles. The minimum atomic E-state index is -0.664. The number of rotatable bonds is 3. The Morgan fingerprint density at radius 2 is 2.15 bits per heavy atom. The topological polar surface area (TPSA) is 73.6 Å². The van der Waals surface area contributed by atoms with Crippen molar-refractivity contribution in [2.24, 2.45) is 0 Å². The molecule has 112 valence electrons. The SMILES string of the molecule is CC(C)OC(=O)[N-]c1c[n+](N2C(C)CCCC2C)no1. The minimum absolute atomic E-state index is 0.153. The van der Waals surface area contributed by atoms with Crippen molar-refractivity contribution in [3.8, 4) is 0 Å². The Labute approximate surface area is 118 Å². The summed E-state index contributed by atoms with van der Waals surface area (Å²) < 4.78 is 10.0. The molecule has 1 aromatic heterocycles. The zero-order valence-electron chi connectivity index (χ0n) is 12.4. The fraction of sp³-hybridized carbons (Fsp3) is 0.769. The second-order valence-corrected chi connectivity index (χ2v) is 5.51. The van der Waals surface area contributed by atoms with E-state index >= 15 is 0 Å². The molecule has 0 saturated carbocycles. The average Bonchev–Trinajstić information content (AvgIpc) is 2.75. The van der Waals surface area contributed by atoms with Gasteiger partial charge in [0.15, 0.2) is 0 Å². The first-order chi connectivity index (χ1) is 9.47. The summed E-state index contributed by atoms with van der Waals surface area (Å²) in [4.78, 5) is 13.1. The van der Waals surface area contributed by atoms with Crippen LogP contribution >= 0.6 is 0 Å². The Balaban J connectivity index is 2.02. The summed E-state index contributed by atoms with van der Waals surface area (Å²) in [5.74, 6) is 0.153. The molecular formula is C13H22N4O3. The second kappa shape index (κ2) is 6.11. The highest BCUT2D eigenvalue weighted by molar-refractivity contribution is 5.88. The third kappa shape index (κ3) is 3.40. The molecule has 2 unspecified atom stereocenters. The van der Waals surface area contributed by atoms with Gasteiger partial charge in [-0.3, -0.25) is 4.79 Å².